The van der Waals surface area contributed by atoms with Gasteiger partial charge >= 0.3 is 0 Å². The molecule has 1 rings (SSSR count). The van der Waals surface area contributed by atoms with Crippen LogP contribution in [-0.2, 0) is 4.74 Å². The monoisotopic (exact) mass is 252 g/mol. The van der Waals surface area contributed by atoms with E-state index in [1.807, 2.05) is 31.2 Å². The van der Waals surface area contributed by atoms with E-state index in [9.17, 15) is 5.11 Å². The van der Waals surface area contributed by atoms with E-state index in [-0.39, 0.29) is 5.92 Å². The van der Waals surface area contributed by atoms with E-state index in [0.29, 0.717) is 6.61 Å². The molecule has 0 bridgehead atoms. The minimum absolute atomic E-state index is 0.187. The lowest BCUT2D eigenvalue weighted by Gasteiger charge is -2.19. The molecule has 0 aliphatic rings. The van der Waals surface area contributed by atoms with Gasteiger partial charge in [-0.1, -0.05) is 26.0 Å². The molecule has 1 aromatic rings. The van der Waals surface area contributed by atoms with E-state index in [2.05, 4.69) is 6.92 Å². The van der Waals surface area contributed by atoms with Crippen LogP contribution < -0.4 is 4.74 Å². The Morgan fingerprint density at radius 2 is 1.83 bits per heavy atom. The van der Waals surface area contributed by atoms with Crippen LogP contribution in [0, 0.1) is 5.92 Å². The second-order valence-corrected chi connectivity index (χ2v) is 4.62. The summed E-state index contributed by atoms with van der Waals surface area (Å²) in [5.41, 5.74) is 0.933. The summed E-state index contributed by atoms with van der Waals surface area (Å²) in [7, 11) is 1.68. The Hall–Kier alpha value is -1.06. The second kappa shape index (κ2) is 8.11. The Bertz CT molecular complexity index is 321. The van der Waals surface area contributed by atoms with Gasteiger partial charge in [0, 0.05) is 13.7 Å². The van der Waals surface area contributed by atoms with Gasteiger partial charge in [0.2, 0.25) is 0 Å². The van der Waals surface area contributed by atoms with Crippen molar-refractivity contribution < 1.29 is 14.6 Å². The lowest BCUT2D eigenvalue weighted by atomic mass is 9.95. The van der Waals surface area contributed by atoms with Crippen molar-refractivity contribution in [2.75, 3.05) is 20.3 Å². The summed E-state index contributed by atoms with van der Waals surface area (Å²) in [5.74, 6) is 1.05. The fraction of sp³-hybridized carbons (Fsp3) is 0.600. The van der Waals surface area contributed by atoms with Crippen LogP contribution in [0.1, 0.15) is 38.4 Å². The fourth-order valence-corrected chi connectivity index (χ4v) is 1.77. The standard InChI is InChI=1S/C15H24O3/c1-4-10-18-14-7-5-13(6-8-14)15(16)12(2)9-11-17-3/h5-8,12,15-16H,4,9-11H2,1-3H3. The number of rotatable bonds is 8. The number of methoxy groups -OCH3 is 1. The Kier molecular flexibility index (Phi) is 6.76. The quantitative estimate of drug-likeness (QED) is 0.772. The fourth-order valence-electron chi connectivity index (χ4n) is 1.77. The molecule has 0 saturated heterocycles. The summed E-state index contributed by atoms with van der Waals surface area (Å²) in [5, 5.41) is 10.2. The molecule has 3 nitrogen and oxygen atoms in total. The van der Waals surface area contributed by atoms with E-state index < -0.39 is 6.10 Å². The van der Waals surface area contributed by atoms with Crippen molar-refractivity contribution in [2.24, 2.45) is 5.92 Å². The molecule has 3 heteroatoms. The van der Waals surface area contributed by atoms with Crippen LogP contribution in [0.4, 0.5) is 0 Å². The molecule has 18 heavy (non-hydrogen) atoms. The van der Waals surface area contributed by atoms with Crippen molar-refractivity contribution in [1.82, 2.24) is 0 Å². The van der Waals surface area contributed by atoms with Gasteiger partial charge in [0.05, 0.1) is 12.7 Å². The predicted octanol–water partition coefficient (Wildman–Crippen LogP) is 3.18. The van der Waals surface area contributed by atoms with Crippen molar-refractivity contribution in [1.29, 1.82) is 0 Å². The molecule has 0 fully saturated rings. The van der Waals surface area contributed by atoms with E-state index in [0.717, 1.165) is 30.8 Å². The third-order valence-electron chi connectivity index (χ3n) is 3.01. The average Bonchev–Trinajstić information content (AvgIpc) is 2.42. The van der Waals surface area contributed by atoms with Crippen LogP contribution in [0.2, 0.25) is 0 Å². The molecule has 0 spiro atoms. The van der Waals surface area contributed by atoms with Crippen molar-refractivity contribution in [3.05, 3.63) is 29.8 Å². The van der Waals surface area contributed by atoms with Gasteiger partial charge in [-0.05, 0) is 36.5 Å². The first kappa shape index (κ1) is 15.0. The molecular weight excluding hydrogens is 228 g/mol. The Balaban J connectivity index is 2.55. The summed E-state index contributed by atoms with van der Waals surface area (Å²) >= 11 is 0. The highest BCUT2D eigenvalue weighted by atomic mass is 16.5. The highest BCUT2D eigenvalue weighted by Gasteiger charge is 2.15. The SMILES string of the molecule is CCCOc1ccc(C(O)C(C)CCOC)cc1. The normalized spacial score (nSPS) is 14.2. The molecule has 1 aromatic carbocycles. The number of aliphatic hydroxyl groups is 1. The molecule has 1 N–H and O–H groups in total. The van der Waals surface area contributed by atoms with Gasteiger partial charge in [0.15, 0.2) is 0 Å². The lowest BCUT2D eigenvalue weighted by Crippen LogP contribution is -2.11. The third kappa shape index (κ3) is 4.67. The summed E-state index contributed by atoms with van der Waals surface area (Å²) in [4.78, 5) is 0. The van der Waals surface area contributed by atoms with Crippen LogP contribution in [-0.4, -0.2) is 25.4 Å². The number of benzene rings is 1. The topological polar surface area (TPSA) is 38.7 Å². The van der Waals surface area contributed by atoms with Gasteiger partial charge in [-0.3, -0.25) is 0 Å². The third-order valence-corrected chi connectivity index (χ3v) is 3.01. The van der Waals surface area contributed by atoms with Crippen LogP contribution in [0.3, 0.4) is 0 Å². The van der Waals surface area contributed by atoms with E-state index >= 15 is 0 Å². The van der Waals surface area contributed by atoms with Gasteiger partial charge in [0.1, 0.15) is 5.75 Å². The molecule has 0 heterocycles. The zero-order valence-electron chi connectivity index (χ0n) is 11.6. The van der Waals surface area contributed by atoms with E-state index in [4.69, 9.17) is 9.47 Å². The first-order chi connectivity index (χ1) is 8.69. The number of hydrogen-bond acceptors (Lipinski definition) is 3. The van der Waals surface area contributed by atoms with Crippen molar-refractivity contribution in [3.8, 4) is 5.75 Å². The van der Waals surface area contributed by atoms with Crippen LogP contribution in [0.25, 0.3) is 0 Å². The molecule has 2 atom stereocenters. The Labute approximate surface area is 110 Å². The first-order valence-corrected chi connectivity index (χ1v) is 6.58. The highest BCUT2D eigenvalue weighted by Crippen LogP contribution is 2.25. The minimum atomic E-state index is -0.444. The predicted molar refractivity (Wildman–Crippen MR) is 72.8 cm³/mol. The van der Waals surface area contributed by atoms with Crippen LogP contribution in [0.15, 0.2) is 24.3 Å². The number of ether oxygens (including phenoxy) is 2. The molecule has 0 radical (unpaired) electrons. The average molecular weight is 252 g/mol. The Morgan fingerprint density at radius 1 is 1.17 bits per heavy atom. The molecule has 0 aliphatic heterocycles. The van der Waals surface area contributed by atoms with Gasteiger partial charge in [-0.15, -0.1) is 0 Å². The van der Waals surface area contributed by atoms with Crippen molar-refractivity contribution in [2.45, 2.75) is 32.8 Å². The zero-order valence-corrected chi connectivity index (χ0v) is 11.6. The molecule has 2 unspecified atom stereocenters. The van der Waals surface area contributed by atoms with Crippen molar-refractivity contribution >= 4 is 0 Å². The highest BCUT2D eigenvalue weighted by molar-refractivity contribution is 5.28. The van der Waals surface area contributed by atoms with Crippen LogP contribution in [0.5, 0.6) is 5.75 Å². The molecule has 0 aliphatic carbocycles. The molecule has 0 amide bonds. The van der Waals surface area contributed by atoms with Gasteiger partial charge < -0.3 is 14.6 Å². The molecule has 102 valence electrons. The van der Waals surface area contributed by atoms with Gasteiger partial charge in [0.25, 0.3) is 0 Å². The van der Waals surface area contributed by atoms with Gasteiger partial charge in [-0.25, -0.2) is 0 Å². The summed E-state index contributed by atoms with van der Waals surface area (Å²) in [6.45, 7) is 5.52. The van der Waals surface area contributed by atoms with E-state index in [1.54, 1.807) is 7.11 Å². The smallest absolute Gasteiger partial charge is 0.119 e. The maximum atomic E-state index is 10.2. The molecule has 0 saturated carbocycles. The summed E-state index contributed by atoms with van der Waals surface area (Å²) in [6.07, 6.45) is 1.41. The molecule has 0 aromatic heterocycles. The maximum absolute atomic E-state index is 10.2. The Morgan fingerprint density at radius 3 is 2.39 bits per heavy atom. The van der Waals surface area contributed by atoms with Crippen molar-refractivity contribution in [3.63, 3.8) is 0 Å². The van der Waals surface area contributed by atoms with E-state index in [1.165, 1.54) is 0 Å². The number of hydrogen-bond donors (Lipinski definition) is 1. The zero-order chi connectivity index (χ0) is 13.4. The minimum Gasteiger partial charge on any atom is -0.494 e. The van der Waals surface area contributed by atoms with Crippen LogP contribution >= 0.6 is 0 Å². The largest absolute Gasteiger partial charge is 0.494 e. The van der Waals surface area contributed by atoms with Gasteiger partial charge in [-0.2, -0.15) is 0 Å². The first-order valence-electron chi connectivity index (χ1n) is 6.58. The lowest BCUT2D eigenvalue weighted by molar-refractivity contribution is 0.0885. The summed E-state index contributed by atoms with van der Waals surface area (Å²) < 4.78 is 10.5. The second-order valence-electron chi connectivity index (χ2n) is 4.62. The number of aliphatic hydroxyl groups excluding tert-OH is 1. The molecular formula is C15H24O3. The summed E-state index contributed by atoms with van der Waals surface area (Å²) in [6, 6.07) is 7.69. The maximum Gasteiger partial charge on any atom is 0.119 e.